The lowest BCUT2D eigenvalue weighted by molar-refractivity contribution is 0.357. The van der Waals surface area contributed by atoms with Crippen LogP contribution in [0.25, 0.3) is 0 Å². The second-order valence-corrected chi connectivity index (χ2v) is 6.87. The molecule has 2 aromatic carbocycles. The predicted molar refractivity (Wildman–Crippen MR) is 88.6 cm³/mol. The van der Waals surface area contributed by atoms with E-state index in [1.54, 1.807) is 11.8 Å². The van der Waals surface area contributed by atoms with Crippen LogP contribution in [0.1, 0.15) is 11.1 Å². The number of anilines is 1. The molecule has 0 atom stereocenters. The zero-order valence-electron chi connectivity index (χ0n) is 11.1. The fourth-order valence-corrected chi connectivity index (χ4v) is 3.65. The summed E-state index contributed by atoms with van der Waals surface area (Å²) in [6, 6.07) is 12.6. The van der Waals surface area contributed by atoms with Crippen LogP contribution in [0.2, 0.25) is 0 Å². The molecule has 1 heterocycles. The zero-order valence-corrected chi connectivity index (χ0v) is 13.5. The van der Waals surface area contributed by atoms with Gasteiger partial charge < -0.3 is 10.5 Å². The highest BCUT2D eigenvalue weighted by Gasteiger charge is 2.11. The van der Waals surface area contributed by atoms with E-state index in [9.17, 15) is 0 Å². The number of ether oxygens (including phenoxy) is 1. The van der Waals surface area contributed by atoms with Gasteiger partial charge in [-0.05, 0) is 41.8 Å². The highest BCUT2D eigenvalue weighted by molar-refractivity contribution is 9.10. The third kappa shape index (κ3) is 3.13. The molecule has 0 unspecified atom stereocenters. The molecule has 20 heavy (non-hydrogen) atoms. The summed E-state index contributed by atoms with van der Waals surface area (Å²) in [6.07, 6.45) is 2.09. The van der Waals surface area contributed by atoms with E-state index in [0.717, 1.165) is 46.0 Å². The van der Waals surface area contributed by atoms with E-state index in [1.807, 2.05) is 12.1 Å². The Hall–Kier alpha value is -1.13. The number of hydrogen-bond donors (Lipinski definition) is 1. The lowest BCUT2D eigenvalue weighted by Gasteiger charge is -2.07. The molecule has 1 aliphatic rings. The molecular formula is C16H16BrNOS. The van der Waals surface area contributed by atoms with Gasteiger partial charge in [-0.2, -0.15) is 0 Å². The SMILES string of the molecule is Nc1cc(Br)ccc1SCCc1ccc2c(c1)CCO2. The van der Waals surface area contributed by atoms with E-state index in [1.165, 1.54) is 11.1 Å². The monoisotopic (exact) mass is 349 g/mol. The average molecular weight is 350 g/mol. The first-order chi connectivity index (χ1) is 9.72. The number of nitrogen functional groups attached to an aromatic ring is 1. The summed E-state index contributed by atoms with van der Waals surface area (Å²) in [6.45, 7) is 0.822. The van der Waals surface area contributed by atoms with Crippen LogP contribution >= 0.6 is 27.7 Å². The number of aryl methyl sites for hydroxylation is 1. The molecule has 0 bridgehead atoms. The summed E-state index contributed by atoms with van der Waals surface area (Å²) < 4.78 is 6.55. The van der Waals surface area contributed by atoms with Gasteiger partial charge in [0.05, 0.1) is 6.61 Å². The highest BCUT2D eigenvalue weighted by Crippen LogP contribution is 2.30. The molecule has 3 rings (SSSR count). The van der Waals surface area contributed by atoms with E-state index in [2.05, 4.69) is 40.2 Å². The summed E-state index contributed by atoms with van der Waals surface area (Å²) in [7, 11) is 0. The molecule has 0 aliphatic carbocycles. The van der Waals surface area contributed by atoms with E-state index in [4.69, 9.17) is 10.5 Å². The van der Waals surface area contributed by atoms with Crippen LogP contribution in [-0.4, -0.2) is 12.4 Å². The first-order valence-corrected chi connectivity index (χ1v) is 8.43. The Bertz CT molecular complexity index is 630. The van der Waals surface area contributed by atoms with Crippen molar-refractivity contribution in [2.45, 2.75) is 17.7 Å². The fourth-order valence-electron chi connectivity index (χ4n) is 2.33. The van der Waals surface area contributed by atoms with Gasteiger partial charge in [-0.15, -0.1) is 11.8 Å². The van der Waals surface area contributed by atoms with Crippen molar-refractivity contribution in [3.8, 4) is 5.75 Å². The Morgan fingerprint density at radius 2 is 2.10 bits per heavy atom. The van der Waals surface area contributed by atoms with Gasteiger partial charge in [0.2, 0.25) is 0 Å². The van der Waals surface area contributed by atoms with Crippen LogP contribution in [0.5, 0.6) is 5.75 Å². The maximum absolute atomic E-state index is 6.01. The van der Waals surface area contributed by atoms with Crippen molar-refractivity contribution >= 4 is 33.4 Å². The van der Waals surface area contributed by atoms with E-state index < -0.39 is 0 Å². The van der Waals surface area contributed by atoms with Gasteiger partial charge in [0.15, 0.2) is 0 Å². The van der Waals surface area contributed by atoms with Crippen molar-refractivity contribution in [2.24, 2.45) is 0 Å². The van der Waals surface area contributed by atoms with Crippen molar-refractivity contribution in [2.75, 3.05) is 18.1 Å². The second-order valence-electron chi connectivity index (χ2n) is 4.82. The molecule has 0 fully saturated rings. The Morgan fingerprint density at radius 1 is 1.20 bits per heavy atom. The third-order valence-electron chi connectivity index (χ3n) is 3.37. The molecule has 4 heteroatoms. The first kappa shape index (κ1) is 13.8. The zero-order chi connectivity index (χ0) is 13.9. The van der Waals surface area contributed by atoms with Crippen molar-refractivity contribution in [1.29, 1.82) is 0 Å². The van der Waals surface area contributed by atoms with Gasteiger partial charge in [-0.3, -0.25) is 0 Å². The molecule has 0 spiro atoms. The van der Waals surface area contributed by atoms with Gasteiger partial charge in [0.25, 0.3) is 0 Å². The average Bonchev–Trinajstić information content (AvgIpc) is 2.89. The van der Waals surface area contributed by atoms with Gasteiger partial charge >= 0.3 is 0 Å². The molecule has 2 aromatic rings. The molecule has 0 aromatic heterocycles. The standard InChI is InChI=1S/C16H16BrNOS/c17-13-2-4-16(14(18)10-13)20-8-6-11-1-3-15-12(9-11)5-7-19-15/h1-4,9-10H,5-8,18H2. The van der Waals surface area contributed by atoms with Gasteiger partial charge in [0.1, 0.15) is 5.75 Å². The van der Waals surface area contributed by atoms with Crippen LogP contribution in [-0.2, 0) is 12.8 Å². The fraction of sp³-hybridized carbons (Fsp3) is 0.250. The number of rotatable bonds is 4. The molecule has 0 radical (unpaired) electrons. The van der Waals surface area contributed by atoms with Gasteiger partial charge in [-0.25, -0.2) is 0 Å². The molecule has 0 saturated carbocycles. The summed E-state index contributed by atoms with van der Waals surface area (Å²) in [4.78, 5) is 1.15. The Balaban J connectivity index is 1.60. The number of nitrogens with two attached hydrogens (primary N) is 1. The number of benzene rings is 2. The van der Waals surface area contributed by atoms with Crippen LogP contribution in [0.4, 0.5) is 5.69 Å². The van der Waals surface area contributed by atoms with Crippen LogP contribution in [0, 0.1) is 0 Å². The minimum atomic E-state index is 0.822. The molecule has 2 N–H and O–H groups in total. The second kappa shape index (κ2) is 6.10. The van der Waals surface area contributed by atoms with Crippen LogP contribution in [0.3, 0.4) is 0 Å². The molecule has 2 nitrogen and oxygen atoms in total. The van der Waals surface area contributed by atoms with E-state index >= 15 is 0 Å². The normalized spacial score (nSPS) is 13.1. The van der Waals surface area contributed by atoms with Crippen molar-refractivity contribution in [3.63, 3.8) is 0 Å². The summed E-state index contributed by atoms with van der Waals surface area (Å²) in [5.41, 5.74) is 9.56. The molecule has 104 valence electrons. The topological polar surface area (TPSA) is 35.2 Å². The lowest BCUT2D eigenvalue weighted by atomic mass is 10.1. The number of thioether (sulfide) groups is 1. The number of hydrogen-bond acceptors (Lipinski definition) is 3. The molecule has 0 amide bonds. The Kier molecular flexibility index (Phi) is 4.22. The van der Waals surface area contributed by atoms with Gasteiger partial charge in [-0.1, -0.05) is 28.1 Å². The quantitative estimate of drug-likeness (QED) is 0.660. The van der Waals surface area contributed by atoms with Crippen molar-refractivity contribution in [1.82, 2.24) is 0 Å². The first-order valence-electron chi connectivity index (χ1n) is 6.65. The molecule has 0 saturated heterocycles. The van der Waals surface area contributed by atoms with Gasteiger partial charge in [0, 0.05) is 27.2 Å². The van der Waals surface area contributed by atoms with E-state index in [0.29, 0.717) is 0 Å². The Labute approximate surface area is 131 Å². The smallest absolute Gasteiger partial charge is 0.122 e. The maximum Gasteiger partial charge on any atom is 0.122 e. The van der Waals surface area contributed by atoms with E-state index in [-0.39, 0.29) is 0 Å². The summed E-state index contributed by atoms with van der Waals surface area (Å²) >= 11 is 5.24. The lowest BCUT2D eigenvalue weighted by Crippen LogP contribution is -1.93. The molecular weight excluding hydrogens is 334 g/mol. The largest absolute Gasteiger partial charge is 0.493 e. The highest BCUT2D eigenvalue weighted by atomic mass is 79.9. The molecule has 1 aliphatic heterocycles. The Morgan fingerprint density at radius 3 is 2.95 bits per heavy atom. The third-order valence-corrected chi connectivity index (χ3v) is 4.96. The van der Waals surface area contributed by atoms with Crippen LogP contribution < -0.4 is 10.5 Å². The van der Waals surface area contributed by atoms with Crippen molar-refractivity contribution < 1.29 is 4.74 Å². The minimum Gasteiger partial charge on any atom is -0.493 e. The van der Waals surface area contributed by atoms with Crippen molar-refractivity contribution in [3.05, 3.63) is 52.0 Å². The maximum atomic E-state index is 6.01. The number of halogens is 1. The van der Waals surface area contributed by atoms with Crippen LogP contribution in [0.15, 0.2) is 45.8 Å². The minimum absolute atomic E-state index is 0.822. The number of fused-ring (bicyclic) bond motifs is 1. The predicted octanol–water partition coefficient (Wildman–Crippen LogP) is 4.30. The summed E-state index contributed by atoms with van der Waals surface area (Å²) in [5, 5.41) is 0. The summed E-state index contributed by atoms with van der Waals surface area (Å²) in [5.74, 6) is 2.09.